The molecule has 2 aromatic carbocycles. The topological polar surface area (TPSA) is 81.2 Å². The van der Waals surface area contributed by atoms with Crippen molar-refractivity contribution in [2.24, 2.45) is 0 Å². The molecule has 92 valence electrons. The second-order valence-electron chi connectivity index (χ2n) is 3.70. The van der Waals surface area contributed by atoms with Crippen molar-refractivity contribution < 1.29 is 9.31 Å². The van der Waals surface area contributed by atoms with Gasteiger partial charge in [-0.3, -0.25) is 10.1 Å². The monoisotopic (exact) mass is 247 g/mol. The largest absolute Gasteiger partial charge is 0.398 e. The number of nitro benzene ring substituents is 1. The third-order valence-electron chi connectivity index (χ3n) is 2.28. The van der Waals surface area contributed by atoms with Gasteiger partial charge in [-0.2, -0.15) is 0 Å². The lowest BCUT2D eigenvalue weighted by atomic mass is 10.2. The summed E-state index contributed by atoms with van der Waals surface area (Å²) in [6, 6.07) is 9.85. The quantitative estimate of drug-likeness (QED) is 0.496. The SMILES string of the molecule is Nc1cc(Nc2ccc(F)cc2)cc([N+](=O)[O-])c1. The first kappa shape index (κ1) is 11.8. The summed E-state index contributed by atoms with van der Waals surface area (Å²) in [6.45, 7) is 0. The summed E-state index contributed by atoms with van der Waals surface area (Å²) in [5.41, 5.74) is 6.86. The maximum Gasteiger partial charge on any atom is 0.273 e. The molecule has 0 fully saturated rings. The Hall–Kier alpha value is -2.63. The van der Waals surface area contributed by atoms with Crippen LogP contribution < -0.4 is 11.1 Å². The van der Waals surface area contributed by atoms with Crippen molar-refractivity contribution >= 4 is 22.7 Å². The van der Waals surface area contributed by atoms with E-state index in [1.165, 1.54) is 36.4 Å². The fourth-order valence-electron chi connectivity index (χ4n) is 1.51. The predicted octanol–water partition coefficient (Wildman–Crippen LogP) is 3.06. The van der Waals surface area contributed by atoms with E-state index in [0.717, 1.165) is 0 Å². The molecule has 0 aliphatic heterocycles. The van der Waals surface area contributed by atoms with E-state index in [1.54, 1.807) is 6.07 Å². The molecule has 0 radical (unpaired) electrons. The van der Waals surface area contributed by atoms with Crippen LogP contribution >= 0.6 is 0 Å². The molecule has 5 nitrogen and oxygen atoms in total. The van der Waals surface area contributed by atoms with Gasteiger partial charge in [0.1, 0.15) is 5.82 Å². The van der Waals surface area contributed by atoms with Gasteiger partial charge in [-0.15, -0.1) is 0 Å². The van der Waals surface area contributed by atoms with Crippen LogP contribution in [0.3, 0.4) is 0 Å². The van der Waals surface area contributed by atoms with E-state index < -0.39 is 4.92 Å². The van der Waals surface area contributed by atoms with Crippen molar-refractivity contribution in [3.05, 3.63) is 58.4 Å². The van der Waals surface area contributed by atoms with Crippen molar-refractivity contribution in [1.29, 1.82) is 0 Å². The van der Waals surface area contributed by atoms with Crippen LogP contribution in [-0.2, 0) is 0 Å². The summed E-state index contributed by atoms with van der Waals surface area (Å²) in [4.78, 5) is 10.2. The highest BCUT2D eigenvalue weighted by molar-refractivity contribution is 5.67. The van der Waals surface area contributed by atoms with Crippen LogP contribution in [0.1, 0.15) is 0 Å². The number of nitrogens with one attached hydrogen (secondary N) is 1. The molecule has 0 aliphatic carbocycles. The molecule has 0 aliphatic rings. The Bertz CT molecular complexity index is 584. The van der Waals surface area contributed by atoms with Gasteiger partial charge >= 0.3 is 0 Å². The lowest BCUT2D eigenvalue weighted by Gasteiger charge is -2.07. The third kappa shape index (κ3) is 2.73. The Morgan fingerprint density at radius 2 is 1.78 bits per heavy atom. The van der Waals surface area contributed by atoms with Crippen LogP contribution in [-0.4, -0.2) is 4.92 Å². The number of benzene rings is 2. The van der Waals surface area contributed by atoms with Gasteiger partial charge in [-0.05, 0) is 30.3 Å². The van der Waals surface area contributed by atoms with Crippen LogP contribution in [0.5, 0.6) is 0 Å². The molecule has 0 spiro atoms. The lowest BCUT2D eigenvalue weighted by Crippen LogP contribution is -1.96. The smallest absolute Gasteiger partial charge is 0.273 e. The molecule has 0 amide bonds. The number of rotatable bonds is 3. The Balaban J connectivity index is 2.28. The normalized spacial score (nSPS) is 10.1. The molecule has 0 unspecified atom stereocenters. The standard InChI is InChI=1S/C12H10FN3O2/c13-8-1-3-10(4-2-8)15-11-5-9(14)6-12(7-11)16(17)18/h1-7,15H,14H2. The highest BCUT2D eigenvalue weighted by Crippen LogP contribution is 2.25. The Kier molecular flexibility index (Phi) is 3.09. The van der Waals surface area contributed by atoms with Crippen molar-refractivity contribution in [3.8, 4) is 0 Å². The van der Waals surface area contributed by atoms with Gasteiger partial charge in [0, 0.05) is 29.2 Å². The van der Waals surface area contributed by atoms with E-state index in [9.17, 15) is 14.5 Å². The van der Waals surface area contributed by atoms with Crippen LogP contribution in [0.25, 0.3) is 0 Å². The molecule has 2 aromatic rings. The van der Waals surface area contributed by atoms with Gasteiger partial charge in [0.25, 0.3) is 5.69 Å². The van der Waals surface area contributed by atoms with Crippen molar-refractivity contribution in [2.75, 3.05) is 11.1 Å². The zero-order chi connectivity index (χ0) is 13.1. The number of anilines is 3. The van der Waals surface area contributed by atoms with E-state index in [2.05, 4.69) is 5.32 Å². The summed E-state index contributed by atoms with van der Waals surface area (Å²) in [5.74, 6) is -0.348. The summed E-state index contributed by atoms with van der Waals surface area (Å²) in [5, 5.41) is 13.6. The first-order chi connectivity index (χ1) is 8.54. The number of non-ortho nitro benzene ring substituents is 1. The number of hydrogen-bond acceptors (Lipinski definition) is 4. The summed E-state index contributed by atoms with van der Waals surface area (Å²) < 4.78 is 12.7. The number of nitrogens with zero attached hydrogens (tertiary/aromatic N) is 1. The minimum Gasteiger partial charge on any atom is -0.398 e. The van der Waals surface area contributed by atoms with Gasteiger partial charge in [0.2, 0.25) is 0 Å². The van der Waals surface area contributed by atoms with Gasteiger partial charge in [0.05, 0.1) is 4.92 Å². The number of hydrogen-bond donors (Lipinski definition) is 2. The van der Waals surface area contributed by atoms with Gasteiger partial charge in [-0.25, -0.2) is 4.39 Å². The van der Waals surface area contributed by atoms with Gasteiger partial charge in [-0.1, -0.05) is 0 Å². The predicted molar refractivity (Wildman–Crippen MR) is 67.2 cm³/mol. The van der Waals surface area contributed by atoms with E-state index >= 15 is 0 Å². The number of nitro groups is 1. The molecular weight excluding hydrogens is 237 g/mol. The average molecular weight is 247 g/mol. The van der Waals surface area contributed by atoms with Crippen molar-refractivity contribution in [1.82, 2.24) is 0 Å². The van der Waals surface area contributed by atoms with E-state index in [-0.39, 0.29) is 17.2 Å². The zero-order valence-corrected chi connectivity index (χ0v) is 9.26. The molecular formula is C12H10FN3O2. The Morgan fingerprint density at radius 3 is 2.39 bits per heavy atom. The second-order valence-corrected chi connectivity index (χ2v) is 3.70. The van der Waals surface area contributed by atoms with E-state index in [0.29, 0.717) is 11.4 Å². The number of nitrogens with two attached hydrogens (primary N) is 1. The molecule has 18 heavy (non-hydrogen) atoms. The average Bonchev–Trinajstić information content (AvgIpc) is 2.31. The van der Waals surface area contributed by atoms with Crippen LogP contribution in [0.15, 0.2) is 42.5 Å². The third-order valence-corrected chi connectivity index (χ3v) is 2.28. The van der Waals surface area contributed by atoms with E-state index in [1.807, 2.05) is 0 Å². The number of halogens is 1. The van der Waals surface area contributed by atoms with Crippen molar-refractivity contribution in [2.45, 2.75) is 0 Å². The minimum absolute atomic E-state index is 0.0976. The van der Waals surface area contributed by atoms with Crippen LogP contribution in [0, 0.1) is 15.9 Å². The molecule has 0 saturated heterocycles. The zero-order valence-electron chi connectivity index (χ0n) is 9.26. The molecule has 0 aromatic heterocycles. The Morgan fingerprint density at radius 1 is 1.11 bits per heavy atom. The highest BCUT2D eigenvalue weighted by atomic mass is 19.1. The first-order valence-electron chi connectivity index (χ1n) is 5.12. The fourth-order valence-corrected chi connectivity index (χ4v) is 1.51. The van der Waals surface area contributed by atoms with Crippen molar-refractivity contribution in [3.63, 3.8) is 0 Å². The summed E-state index contributed by atoms with van der Waals surface area (Å²) in [6.07, 6.45) is 0. The fraction of sp³-hybridized carbons (Fsp3) is 0. The van der Waals surface area contributed by atoms with E-state index in [4.69, 9.17) is 5.73 Å². The summed E-state index contributed by atoms with van der Waals surface area (Å²) in [7, 11) is 0. The number of nitrogen functional groups attached to an aromatic ring is 1. The molecule has 0 atom stereocenters. The second kappa shape index (κ2) is 4.70. The minimum atomic E-state index is -0.522. The first-order valence-corrected chi connectivity index (χ1v) is 5.12. The lowest BCUT2D eigenvalue weighted by molar-refractivity contribution is -0.384. The molecule has 2 rings (SSSR count). The molecule has 6 heteroatoms. The molecule has 0 saturated carbocycles. The van der Waals surface area contributed by atoms with Crippen LogP contribution in [0.2, 0.25) is 0 Å². The highest BCUT2D eigenvalue weighted by Gasteiger charge is 2.08. The maximum absolute atomic E-state index is 12.7. The molecule has 3 N–H and O–H groups in total. The molecule has 0 bridgehead atoms. The Labute approximate surface area is 102 Å². The van der Waals surface area contributed by atoms with Gasteiger partial charge < -0.3 is 11.1 Å². The maximum atomic E-state index is 12.7. The van der Waals surface area contributed by atoms with Gasteiger partial charge in [0.15, 0.2) is 0 Å². The van der Waals surface area contributed by atoms with Crippen LogP contribution in [0.4, 0.5) is 27.1 Å². The molecule has 0 heterocycles. The summed E-state index contributed by atoms with van der Waals surface area (Å²) >= 11 is 0.